The van der Waals surface area contributed by atoms with Gasteiger partial charge in [0.15, 0.2) is 0 Å². The normalized spacial score (nSPS) is 17.6. The summed E-state index contributed by atoms with van der Waals surface area (Å²) < 4.78 is 0. The highest BCUT2D eigenvalue weighted by Gasteiger charge is 2.15. The van der Waals surface area contributed by atoms with Crippen LogP contribution >= 0.6 is 0 Å². The van der Waals surface area contributed by atoms with E-state index in [2.05, 4.69) is 9.97 Å². The summed E-state index contributed by atoms with van der Waals surface area (Å²) in [4.78, 5) is 8.85. The summed E-state index contributed by atoms with van der Waals surface area (Å²) in [5.74, 6) is 1.64. The first-order chi connectivity index (χ1) is 7.90. The second kappa shape index (κ2) is 5.94. The van der Waals surface area contributed by atoms with Crippen LogP contribution in [-0.4, -0.2) is 16.5 Å². The molecular formula is C13H21N3. The van der Waals surface area contributed by atoms with Gasteiger partial charge < -0.3 is 5.73 Å². The third-order valence-corrected chi connectivity index (χ3v) is 3.41. The van der Waals surface area contributed by atoms with Crippen molar-refractivity contribution in [2.24, 2.45) is 5.73 Å². The minimum Gasteiger partial charge on any atom is -0.330 e. The van der Waals surface area contributed by atoms with E-state index in [1.165, 1.54) is 37.7 Å². The Morgan fingerprint density at radius 1 is 1.12 bits per heavy atom. The van der Waals surface area contributed by atoms with Crippen molar-refractivity contribution in [1.29, 1.82) is 0 Å². The molecular weight excluding hydrogens is 198 g/mol. The average molecular weight is 219 g/mol. The zero-order valence-electron chi connectivity index (χ0n) is 9.86. The fraction of sp³-hybridized carbons (Fsp3) is 0.692. The fourth-order valence-corrected chi connectivity index (χ4v) is 2.40. The molecule has 88 valence electrons. The van der Waals surface area contributed by atoms with Gasteiger partial charge in [-0.1, -0.05) is 19.3 Å². The molecule has 0 saturated heterocycles. The number of hydrogen-bond acceptors (Lipinski definition) is 3. The van der Waals surface area contributed by atoms with Gasteiger partial charge in [-0.15, -0.1) is 0 Å². The highest BCUT2D eigenvalue weighted by Crippen LogP contribution is 2.31. The van der Waals surface area contributed by atoms with Gasteiger partial charge in [-0.25, -0.2) is 9.97 Å². The Labute approximate surface area is 97.5 Å². The van der Waals surface area contributed by atoms with Crippen LogP contribution in [0.1, 0.15) is 55.8 Å². The predicted molar refractivity (Wildman–Crippen MR) is 65.2 cm³/mol. The third kappa shape index (κ3) is 3.01. The van der Waals surface area contributed by atoms with Crippen molar-refractivity contribution in [3.05, 3.63) is 23.8 Å². The Hall–Kier alpha value is -0.960. The maximum Gasteiger partial charge on any atom is 0.128 e. The van der Waals surface area contributed by atoms with Crippen molar-refractivity contribution in [1.82, 2.24) is 9.97 Å². The molecule has 1 aliphatic rings. The summed E-state index contributed by atoms with van der Waals surface area (Å²) in [6.07, 6.45) is 12.7. The number of aromatic nitrogens is 2. The van der Waals surface area contributed by atoms with Gasteiger partial charge in [0, 0.05) is 18.8 Å². The highest BCUT2D eigenvalue weighted by molar-refractivity contribution is 5.12. The molecule has 1 aromatic rings. The van der Waals surface area contributed by atoms with Crippen molar-refractivity contribution < 1.29 is 0 Å². The predicted octanol–water partition coefficient (Wildman–Crippen LogP) is 2.42. The van der Waals surface area contributed by atoms with Crippen LogP contribution in [0.4, 0.5) is 0 Å². The van der Waals surface area contributed by atoms with Crippen LogP contribution in [0.15, 0.2) is 12.4 Å². The third-order valence-electron chi connectivity index (χ3n) is 3.41. The molecule has 0 spiro atoms. The Kier molecular flexibility index (Phi) is 4.28. The molecule has 1 fully saturated rings. The van der Waals surface area contributed by atoms with Crippen LogP contribution < -0.4 is 5.73 Å². The monoisotopic (exact) mass is 219 g/mol. The van der Waals surface area contributed by atoms with Gasteiger partial charge in [0.05, 0.1) is 0 Å². The summed E-state index contributed by atoms with van der Waals surface area (Å²) in [6.45, 7) is 0.716. The largest absolute Gasteiger partial charge is 0.330 e. The zero-order chi connectivity index (χ0) is 11.2. The van der Waals surface area contributed by atoms with E-state index in [4.69, 9.17) is 5.73 Å². The molecule has 16 heavy (non-hydrogen) atoms. The van der Waals surface area contributed by atoms with Crippen molar-refractivity contribution in [2.75, 3.05) is 6.54 Å². The van der Waals surface area contributed by atoms with Gasteiger partial charge in [-0.2, -0.15) is 0 Å². The van der Waals surface area contributed by atoms with E-state index in [0.29, 0.717) is 12.5 Å². The standard InChI is InChI=1S/C13H21N3/c14-8-4-7-13-15-9-12(10-16-13)11-5-2-1-3-6-11/h9-11H,1-8,14H2. The summed E-state index contributed by atoms with van der Waals surface area (Å²) in [7, 11) is 0. The number of aryl methyl sites for hydroxylation is 1. The second-order valence-electron chi connectivity index (χ2n) is 4.66. The quantitative estimate of drug-likeness (QED) is 0.846. The van der Waals surface area contributed by atoms with Crippen molar-refractivity contribution in [3.63, 3.8) is 0 Å². The summed E-state index contributed by atoms with van der Waals surface area (Å²) >= 11 is 0. The van der Waals surface area contributed by atoms with E-state index >= 15 is 0 Å². The lowest BCUT2D eigenvalue weighted by Gasteiger charge is -2.21. The Morgan fingerprint density at radius 3 is 2.44 bits per heavy atom. The van der Waals surface area contributed by atoms with Gasteiger partial charge in [0.25, 0.3) is 0 Å². The smallest absolute Gasteiger partial charge is 0.128 e. The molecule has 0 atom stereocenters. The van der Waals surface area contributed by atoms with Crippen molar-refractivity contribution >= 4 is 0 Å². The number of nitrogens with two attached hydrogens (primary N) is 1. The molecule has 1 saturated carbocycles. The topological polar surface area (TPSA) is 51.8 Å². The molecule has 0 aliphatic heterocycles. The van der Waals surface area contributed by atoms with Crippen molar-refractivity contribution in [2.45, 2.75) is 50.9 Å². The Balaban J connectivity index is 1.95. The molecule has 2 rings (SSSR count). The summed E-state index contributed by atoms with van der Waals surface area (Å²) in [6, 6.07) is 0. The van der Waals surface area contributed by atoms with E-state index in [1.807, 2.05) is 12.4 Å². The molecule has 3 heteroatoms. The molecule has 0 amide bonds. The van der Waals surface area contributed by atoms with E-state index in [9.17, 15) is 0 Å². The number of nitrogens with zero attached hydrogens (tertiary/aromatic N) is 2. The van der Waals surface area contributed by atoms with E-state index in [0.717, 1.165) is 18.7 Å². The van der Waals surface area contributed by atoms with Gasteiger partial charge in [0.1, 0.15) is 5.82 Å². The molecule has 0 aromatic carbocycles. The lowest BCUT2D eigenvalue weighted by Crippen LogP contribution is -2.07. The maximum atomic E-state index is 5.47. The second-order valence-corrected chi connectivity index (χ2v) is 4.66. The van der Waals surface area contributed by atoms with E-state index in [-0.39, 0.29) is 0 Å². The molecule has 2 N–H and O–H groups in total. The minimum absolute atomic E-state index is 0.706. The first kappa shape index (κ1) is 11.5. The van der Waals surface area contributed by atoms with Crippen LogP contribution in [0.2, 0.25) is 0 Å². The lowest BCUT2D eigenvalue weighted by atomic mass is 9.85. The average Bonchev–Trinajstić information content (AvgIpc) is 2.38. The molecule has 3 nitrogen and oxygen atoms in total. The molecule has 1 aliphatic carbocycles. The van der Waals surface area contributed by atoms with Gasteiger partial charge in [-0.05, 0) is 37.3 Å². The van der Waals surface area contributed by atoms with Crippen LogP contribution in [0.5, 0.6) is 0 Å². The Bertz CT molecular complexity index is 301. The van der Waals surface area contributed by atoms with Crippen LogP contribution in [-0.2, 0) is 6.42 Å². The van der Waals surface area contributed by atoms with Gasteiger partial charge in [-0.3, -0.25) is 0 Å². The van der Waals surface area contributed by atoms with Crippen LogP contribution in [0, 0.1) is 0 Å². The first-order valence-corrected chi connectivity index (χ1v) is 6.41. The molecule has 1 heterocycles. The molecule has 0 radical (unpaired) electrons. The van der Waals surface area contributed by atoms with E-state index < -0.39 is 0 Å². The zero-order valence-corrected chi connectivity index (χ0v) is 9.86. The van der Waals surface area contributed by atoms with E-state index in [1.54, 1.807) is 0 Å². The van der Waals surface area contributed by atoms with Gasteiger partial charge >= 0.3 is 0 Å². The molecule has 0 unspecified atom stereocenters. The van der Waals surface area contributed by atoms with Crippen molar-refractivity contribution in [3.8, 4) is 0 Å². The minimum atomic E-state index is 0.706. The SMILES string of the molecule is NCCCc1ncc(C2CCCCC2)cn1. The Morgan fingerprint density at radius 2 is 1.81 bits per heavy atom. The summed E-state index contributed by atoms with van der Waals surface area (Å²) in [5, 5.41) is 0. The van der Waals surface area contributed by atoms with Crippen LogP contribution in [0.3, 0.4) is 0 Å². The fourth-order valence-electron chi connectivity index (χ4n) is 2.40. The molecule has 1 aromatic heterocycles. The molecule has 0 bridgehead atoms. The van der Waals surface area contributed by atoms with Gasteiger partial charge in [0.2, 0.25) is 0 Å². The number of hydrogen-bond donors (Lipinski definition) is 1. The maximum absolute atomic E-state index is 5.47. The number of rotatable bonds is 4. The summed E-state index contributed by atoms with van der Waals surface area (Å²) in [5.41, 5.74) is 6.80. The highest BCUT2D eigenvalue weighted by atomic mass is 14.9. The first-order valence-electron chi connectivity index (χ1n) is 6.41. The van der Waals surface area contributed by atoms with Crippen LogP contribution in [0.25, 0.3) is 0 Å². The lowest BCUT2D eigenvalue weighted by molar-refractivity contribution is 0.441.